The summed E-state index contributed by atoms with van der Waals surface area (Å²) in [6.45, 7) is 10.0. The van der Waals surface area contributed by atoms with Crippen LogP contribution in [0.25, 0.3) is 5.57 Å². The van der Waals surface area contributed by atoms with Crippen molar-refractivity contribution < 1.29 is 14.6 Å². The molecule has 0 radical (unpaired) electrons. The van der Waals surface area contributed by atoms with E-state index in [2.05, 4.69) is 20.8 Å². The zero-order valence-corrected chi connectivity index (χ0v) is 14.6. The molecule has 1 unspecified atom stereocenters. The number of phenolic OH excluding ortho intramolecular Hbond substituents is 1. The minimum absolute atomic E-state index is 0.0286. The van der Waals surface area contributed by atoms with Crippen molar-refractivity contribution in [2.45, 2.75) is 47.5 Å². The Bertz CT molecular complexity index is 650. The van der Waals surface area contributed by atoms with Crippen LogP contribution in [-0.2, 0) is 9.53 Å². The summed E-state index contributed by atoms with van der Waals surface area (Å²) in [7, 11) is 0. The van der Waals surface area contributed by atoms with Gasteiger partial charge in [-0.2, -0.15) is 0 Å². The van der Waals surface area contributed by atoms with Crippen LogP contribution in [-0.4, -0.2) is 11.1 Å². The Kier molecular flexibility index (Phi) is 4.69. The number of rotatable bonds is 5. The number of allylic oxidation sites excluding steroid dienone is 4. The van der Waals surface area contributed by atoms with E-state index in [1.807, 2.05) is 31.2 Å². The molecule has 0 aromatic heterocycles. The fourth-order valence-electron chi connectivity index (χ4n) is 2.79. The van der Waals surface area contributed by atoms with E-state index in [-0.39, 0.29) is 22.5 Å². The molecule has 23 heavy (non-hydrogen) atoms. The third-order valence-electron chi connectivity index (χ3n) is 5.01. The lowest BCUT2D eigenvalue weighted by molar-refractivity contribution is -0.146. The first-order valence-corrected chi connectivity index (χ1v) is 8.09. The Morgan fingerprint density at radius 2 is 1.78 bits per heavy atom. The summed E-state index contributed by atoms with van der Waals surface area (Å²) in [6.07, 6.45) is 5.53. The monoisotopic (exact) mass is 314 g/mol. The summed E-state index contributed by atoms with van der Waals surface area (Å²) in [4.78, 5) is 12.3. The molecule has 0 spiro atoms. The number of esters is 1. The van der Waals surface area contributed by atoms with Gasteiger partial charge in [-0.3, -0.25) is 4.79 Å². The van der Waals surface area contributed by atoms with Gasteiger partial charge in [-0.1, -0.05) is 39.0 Å². The fraction of sp³-hybridized carbons (Fsp3) is 0.450. The standard InChI is InChI=1S/C20H26O3/c1-6-15(16-9-11-17(21)12-10-16)8-7-14(2)23-18(22)20(5)13-19(20,3)4/h7-12,21H,6,13H2,1-5H3/b14-7+,15-8+. The van der Waals surface area contributed by atoms with Gasteiger partial charge < -0.3 is 9.84 Å². The molecule has 0 bridgehead atoms. The molecule has 1 aliphatic rings. The molecule has 0 saturated heterocycles. The molecule has 0 amide bonds. The summed E-state index contributed by atoms with van der Waals surface area (Å²) in [5.41, 5.74) is 1.84. The van der Waals surface area contributed by atoms with Crippen LogP contribution in [0, 0.1) is 10.8 Å². The second kappa shape index (κ2) is 6.23. The van der Waals surface area contributed by atoms with Crippen LogP contribution < -0.4 is 0 Å². The van der Waals surface area contributed by atoms with Gasteiger partial charge in [0.1, 0.15) is 11.5 Å². The van der Waals surface area contributed by atoms with Crippen molar-refractivity contribution in [3.63, 3.8) is 0 Å². The SMILES string of the molecule is CC/C(=C\C=C(/C)OC(=O)C1(C)CC1(C)C)c1ccc(O)cc1. The van der Waals surface area contributed by atoms with Crippen LogP contribution in [0.4, 0.5) is 0 Å². The van der Waals surface area contributed by atoms with E-state index in [0.717, 1.165) is 24.0 Å². The normalized spacial score (nSPS) is 23.5. The highest BCUT2D eigenvalue weighted by Crippen LogP contribution is 2.63. The van der Waals surface area contributed by atoms with Crippen molar-refractivity contribution in [2.24, 2.45) is 10.8 Å². The van der Waals surface area contributed by atoms with E-state index in [1.165, 1.54) is 0 Å². The Morgan fingerprint density at radius 1 is 1.22 bits per heavy atom. The Morgan fingerprint density at radius 3 is 2.26 bits per heavy atom. The molecule has 3 heteroatoms. The Balaban J connectivity index is 2.07. The number of carbonyl (C=O) groups excluding carboxylic acids is 1. The lowest BCUT2D eigenvalue weighted by atomic mass is 9.98. The molecule has 1 aromatic carbocycles. The van der Waals surface area contributed by atoms with E-state index < -0.39 is 0 Å². The molecule has 1 atom stereocenters. The first-order valence-electron chi connectivity index (χ1n) is 8.09. The first-order chi connectivity index (χ1) is 10.7. The third-order valence-corrected chi connectivity index (χ3v) is 5.01. The number of hydrogen-bond acceptors (Lipinski definition) is 3. The maximum absolute atomic E-state index is 12.3. The van der Waals surface area contributed by atoms with E-state index in [9.17, 15) is 9.90 Å². The molecule has 1 fully saturated rings. The van der Waals surface area contributed by atoms with Gasteiger partial charge in [-0.05, 0) is 61.4 Å². The molecule has 0 aliphatic heterocycles. The first kappa shape index (κ1) is 17.3. The lowest BCUT2D eigenvalue weighted by Crippen LogP contribution is -2.20. The quantitative estimate of drug-likeness (QED) is 0.469. The van der Waals surface area contributed by atoms with Crippen molar-refractivity contribution >= 4 is 11.5 Å². The summed E-state index contributed by atoms with van der Waals surface area (Å²) in [5, 5.41) is 9.36. The van der Waals surface area contributed by atoms with Gasteiger partial charge in [0, 0.05) is 0 Å². The molecule has 3 nitrogen and oxygen atoms in total. The smallest absolute Gasteiger partial charge is 0.317 e. The van der Waals surface area contributed by atoms with Crippen molar-refractivity contribution in [1.29, 1.82) is 0 Å². The number of hydrogen-bond donors (Lipinski definition) is 1. The van der Waals surface area contributed by atoms with Crippen molar-refractivity contribution in [1.82, 2.24) is 0 Å². The lowest BCUT2D eigenvalue weighted by Gasteiger charge is -2.13. The predicted octanol–water partition coefficient (Wildman–Crippen LogP) is 5.07. The maximum Gasteiger partial charge on any atom is 0.317 e. The second-order valence-electron chi connectivity index (χ2n) is 7.15. The van der Waals surface area contributed by atoms with Crippen molar-refractivity contribution in [3.8, 4) is 5.75 Å². The van der Waals surface area contributed by atoms with E-state index >= 15 is 0 Å². The van der Waals surface area contributed by atoms with Crippen molar-refractivity contribution in [3.05, 3.63) is 47.7 Å². The highest BCUT2D eigenvalue weighted by atomic mass is 16.5. The van der Waals surface area contributed by atoms with Gasteiger partial charge in [0.2, 0.25) is 0 Å². The summed E-state index contributed by atoms with van der Waals surface area (Å²) in [5.74, 6) is 0.709. The zero-order chi connectivity index (χ0) is 17.3. The highest BCUT2D eigenvalue weighted by molar-refractivity contribution is 5.82. The minimum Gasteiger partial charge on any atom is -0.508 e. The fourth-order valence-corrected chi connectivity index (χ4v) is 2.79. The van der Waals surface area contributed by atoms with E-state index in [4.69, 9.17) is 4.74 Å². The van der Waals surface area contributed by atoms with Crippen LogP contribution in [0.5, 0.6) is 5.75 Å². The number of phenols is 1. The van der Waals surface area contributed by atoms with Crippen LogP contribution in [0.15, 0.2) is 42.2 Å². The molecule has 1 N–H and O–H groups in total. The van der Waals surface area contributed by atoms with E-state index in [0.29, 0.717) is 5.76 Å². The Labute approximate surface area is 138 Å². The van der Waals surface area contributed by atoms with Crippen LogP contribution in [0.1, 0.15) is 53.0 Å². The van der Waals surface area contributed by atoms with Gasteiger partial charge in [0.05, 0.1) is 5.41 Å². The molecule has 1 aromatic rings. The molecule has 124 valence electrons. The largest absolute Gasteiger partial charge is 0.508 e. The van der Waals surface area contributed by atoms with Gasteiger partial charge in [-0.15, -0.1) is 0 Å². The number of carbonyl (C=O) groups is 1. The van der Waals surface area contributed by atoms with Crippen molar-refractivity contribution in [2.75, 3.05) is 0 Å². The molecule has 2 rings (SSSR count). The molecule has 1 aliphatic carbocycles. The van der Waals surface area contributed by atoms with Gasteiger partial charge in [-0.25, -0.2) is 0 Å². The van der Waals surface area contributed by atoms with Crippen LogP contribution >= 0.6 is 0 Å². The van der Waals surface area contributed by atoms with E-state index in [1.54, 1.807) is 19.1 Å². The summed E-state index contributed by atoms with van der Waals surface area (Å²) >= 11 is 0. The molecular weight excluding hydrogens is 288 g/mol. The minimum atomic E-state index is -0.365. The molecular formula is C20H26O3. The Hall–Kier alpha value is -2.03. The molecule has 1 saturated carbocycles. The van der Waals surface area contributed by atoms with Gasteiger partial charge >= 0.3 is 5.97 Å². The third kappa shape index (κ3) is 3.66. The number of benzene rings is 1. The average Bonchev–Trinajstić information content (AvgIpc) is 3.01. The predicted molar refractivity (Wildman–Crippen MR) is 92.7 cm³/mol. The topological polar surface area (TPSA) is 46.5 Å². The van der Waals surface area contributed by atoms with Crippen LogP contribution in [0.2, 0.25) is 0 Å². The van der Waals surface area contributed by atoms with Crippen LogP contribution in [0.3, 0.4) is 0 Å². The molecule has 0 heterocycles. The zero-order valence-electron chi connectivity index (χ0n) is 14.6. The highest BCUT2D eigenvalue weighted by Gasteiger charge is 2.63. The summed E-state index contributed by atoms with van der Waals surface area (Å²) in [6, 6.07) is 7.11. The summed E-state index contributed by atoms with van der Waals surface area (Å²) < 4.78 is 5.50. The number of ether oxygens (including phenoxy) is 1. The van der Waals surface area contributed by atoms with Gasteiger partial charge in [0.25, 0.3) is 0 Å². The average molecular weight is 314 g/mol. The second-order valence-corrected chi connectivity index (χ2v) is 7.15. The maximum atomic E-state index is 12.3. The number of aromatic hydroxyl groups is 1. The van der Waals surface area contributed by atoms with Gasteiger partial charge in [0.15, 0.2) is 0 Å².